The van der Waals surface area contributed by atoms with Crippen molar-refractivity contribution in [1.29, 1.82) is 0 Å². The van der Waals surface area contributed by atoms with Gasteiger partial charge in [-0.05, 0) is 27.7 Å². The van der Waals surface area contributed by atoms with Crippen LogP contribution >= 0.6 is 7.37 Å². The number of nitrogens with zero attached hydrogens (tertiary/aromatic N) is 4. The highest BCUT2D eigenvalue weighted by Crippen LogP contribution is 2.42. The minimum atomic E-state index is -2.79. The van der Waals surface area contributed by atoms with Crippen LogP contribution in [0.2, 0.25) is 0 Å². The predicted molar refractivity (Wildman–Crippen MR) is 129 cm³/mol. The Morgan fingerprint density at radius 1 is 0.848 bits per heavy atom. The second-order valence-corrected chi connectivity index (χ2v) is 12.1. The molecule has 1 aliphatic heterocycles. The van der Waals surface area contributed by atoms with Gasteiger partial charge in [-0.3, -0.25) is 29.0 Å². The third-order valence-electron chi connectivity index (χ3n) is 5.23. The van der Waals surface area contributed by atoms with E-state index in [2.05, 4.69) is 4.90 Å². The molecule has 1 rings (SSSR count). The van der Waals surface area contributed by atoms with E-state index in [4.69, 9.17) is 9.26 Å². The highest BCUT2D eigenvalue weighted by Gasteiger charge is 2.24. The molecule has 0 aliphatic carbocycles. The average molecular weight is 491 g/mol. The first-order valence-corrected chi connectivity index (χ1v) is 13.9. The lowest BCUT2D eigenvalue weighted by atomic mass is 10.2. The summed E-state index contributed by atoms with van der Waals surface area (Å²) in [5, 5.41) is 0. The molecular weight excluding hydrogens is 447 g/mol. The number of hydrogen-bond donors (Lipinski definition) is 0. The molecule has 33 heavy (non-hydrogen) atoms. The standard InChI is InChI=1S/C22H43N4O6P/c1-6-31-33(5,30)20-26-13-10-24(16-18-28)8-7-23(15-17-27)9-11-25(12-14-26)19-21(29)32-22(2,3)4/h17-18H,6-16,19-20H2,1-5H3. The summed E-state index contributed by atoms with van der Waals surface area (Å²) in [5.41, 5.74) is -0.562. The van der Waals surface area contributed by atoms with E-state index in [9.17, 15) is 18.9 Å². The molecule has 0 aromatic rings. The summed E-state index contributed by atoms with van der Waals surface area (Å²) in [6.45, 7) is 15.0. The SMILES string of the molecule is CCOP(C)(=O)CN1CCN(CC=O)CCN(CC=O)CCN(CC(=O)OC(C)(C)C)CC1. The molecular formula is C22H43N4O6P. The molecule has 1 atom stereocenters. The molecule has 192 valence electrons. The van der Waals surface area contributed by atoms with E-state index >= 15 is 0 Å². The van der Waals surface area contributed by atoms with E-state index < -0.39 is 13.0 Å². The summed E-state index contributed by atoms with van der Waals surface area (Å²) in [5.74, 6) is -0.296. The van der Waals surface area contributed by atoms with Crippen molar-refractivity contribution >= 4 is 25.9 Å². The average Bonchev–Trinajstić information content (AvgIpc) is 2.68. The zero-order valence-electron chi connectivity index (χ0n) is 21.0. The second kappa shape index (κ2) is 15.0. The van der Waals surface area contributed by atoms with Crippen LogP contribution in [0.1, 0.15) is 27.7 Å². The van der Waals surface area contributed by atoms with E-state index in [0.29, 0.717) is 78.3 Å². The zero-order valence-corrected chi connectivity index (χ0v) is 21.9. The molecule has 1 heterocycles. The lowest BCUT2D eigenvalue weighted by molar-refractivity contribution is -0.156. The van der Waals surface area contributed by atoms with Crippen molar-refractivity contribution in [3.63, 3.8) is 0 Å². The van der Waals surface area contributed by atoms with Gasteiger partial charge in [0.05, 0.1) is 32.5 Å². The van der Waals surface area contributed by atoms with Gasteiger partial charge in [0.15, 0.2) is 0 Å². The van der Waals surface area contributed by atoms with Crippen molar-refractivity contribution in [2.75, 3.05) is 91.5 Å². The molecule has 0 aromatic carbocycles. The van der Waals surface area contributed by atoms with Crippen LogP contribution in [0.25, 0.3) is 0 Å². The van der Waals surface area contributed by atoms with Crippen LogP contribution < -0.4 is 0 Å². The Bertz CT molecular complexity index is 657. The van der Waals surface area contributed by atoms with E-state index in [0.717, 1.165) is 12.6 Å². The normalized spacial score (nSPS) is 20.9. The molecule has 0 spiro atoms. The van der Waals surface area contributed by atoms with E-state index in [1.165, 1.54) is 0 Å². The van der Waals surface area contributed by atoms with Crippen LogP contribution in [0, 0.1) is 0 Å². The molecule has 0 amide bonds. The predicted octanol–water partition coefficient (Wildman–Crippen LogP) is 0.849. The fourth-order valence-electron chi connectivity index (χ4n) is 3.69. The molecule has 1 aliphatic rings. The van der Waals surface area contributed by atoms with Gasteiger partial charge in [0.1, 0.15) is 18.2 Å². The molecule has 1 saturated heterocycles. The van der Waals surface area contributed by atoms with E-state index in [1.807, 2.05) is 42.4 Å². The molecule has 0 saturated carbocycles. The molecule has 11 heteroatoms. The Labute approximate surface area is 199 Å². The van der Waals surface area contributed by atoms with Crippen molar-refractivity contribution in [3.05, 3.63) is 0 Å². The topological polar surface area (TPSA) is 99.7 Å². The van der Waals surface area contributed by atoms with Gasteiger partial charge in [-0.1, -0.05) is 0 Å². The van der Waals surface area contributed by atoms with Crippen molar-refractivity contribution in [2.24, 2.45) is 0 Å². The van der Waals surface area contributed by atoms with Crippen LogP contribution in [0.15, 0.2) is 0 Å². The fourth-order valence-corrected chi connectivity index (χ4v) is 5.32. The van der Waals surface area contributed by atoms with Crippen molar-refractivity contribution in [3.8, 4) is 0 Å². The lowest BCUT2D eigenvalue weighted by Crippen LogP contribution is -2.48. The largest absolute Gasteiger partial charge is 0.459 e. The van der Waals surface area contributed by atoms with Crippen LogP contribution in [-0.2, 0) is 28.2 Å². The Morgan fingerprint density at radius 2 is 1.27 bits per heavy atom. The van der Waals surface area contributed by atoms with Gasteiger partial charge in [-0.25, -0.2) is 0 Å². The Morgan fingerprint density at radius 3 is 1.67 bits per heavy atom. The highest BCUT2D eigenvalue weighted by molar-refractivity contribution is 7.58. The first-order valence-electron chi connectivity index (χ1n) is 11.7. The maximum Gasteiger partial charge on any atom is 0.320 e. The van der Waals surface area contributed by atoms with Crippen LogP contribution in [0.5, 0.6) is 0 Å². The van der Waals surface area contributed by atoms with Crippen molar-refractivity contribution < 1.29 is 28.2 Å². The fraction of sp³-hybridized carbons (Fsp3) is 0.864. The summed E-state index contributed by atoms with van der Waals surface area (Å²) in [4.78, 5) is 43.0. The van der Waals surface area contributed by atoms with Crippen LogP contribution in [-0.4, -0.2) is 135 Å². The monoisotopic (exact) mass is 490 g/mol. The van der Waals surface area contributed by atoms with E-state index in [1.54, 1.807) is 6.66 Å². The first-order chi connectivity index (χ1) is 15.5. The molecule has 0 N–H and O–H groups in total. The van der Waals surface area contributed by atoms with Crippen molar-refractivity contribution in [1.82, 2.24) is 19.6 Å². The lowest BCUT2D eigenvalue weighted by Gasteiger charge is -2.34. The maximum absolute atomic E-state index is 12.8. The summed E-state index contributed by atoms with van der Waals surface area (Å²) in [6, 6.07) is 0. The molecule has 1 fully saturated rings. The molecule has 1 unspecified atom stereocenters. The van der Waals surface area contributed by atoms with E-state index in [-0.39, 0.29) is 12.5 Å². The van der Waals surface area contributed by atoms with Crippen LogP contribution in [0.4, 0.5) is 0 Å². The molecule has 10 nitrogen and oxygen atoms in total. The van der Waals surface area contributed by atoms with Gasteiger partial charge >= 0.3 is 5.97 Å². The van der Waals surface area contributed by atoms with Gasteiger partial charge in [-0.2, -0.15) is 0 Å². The smallest absolute Gasteiger partial charge is 0.320 e. The minimum absolute atomic E-state index is 0.145. The minimum Gasteiger partial charge on any atom is -0.459 e. The number of hydrogen-bond acceptors (Lipinski definition) is 10. The zero-order chi connectivity index (χ0) is 24.9. The highest BCUT2D eigenvalue weighted by atomic mass is 31.2. The van der Waals surface area contributed by atoms with Gasteiger partial charge < -0.3 is 18.8 Å². The number of esters is 1. The van der Waals surface area contributed by atoms with Gasteiger partial charge in [0, 0.05) is 59.0 Å². The van der Waals surface area contributed by atoms with Gasteiger partial charge in [0.2, 0.25) is 7.37 Å². The molecule has 0 radical (unpaired) electrons. The number of carbonyl (C=O) groups excluding carboxylic acids is 3. The Balaban J connectivity index is 2.98. The third-order valence-corrected chi connectivity index (χ3v) is 6.95. The molecule has 0 aromatic heterocycles. The number of rotatable bonds is 10. The van der Waals surface area contributed by atoms with Crippen LogP contribution in [0.3, 0.4) is 0 Å². The quantitative estimate of drug-likeness (QED) is 0.249. The van der Waals surface area contributed by atoms with Crippen molar-refractivity contribution in [2.45, 2.75) is 33.3 Å². The number of aldehydes is 2. The summed E-state index contributed by atoms with van der Waals surface area (Å²) < 4.78 is 23.8. The second-order valence-electron chi connectivity index (χ2n) is 9.49. The summed E-state index contributed by atoms with van der Waals surface area (Å²) in [7, 11) is -2.79. The summed E-state index contributed by atoms with van der Waals surface area (Å²) in [6.07, 6.45) is 2.07. The number of ether oxygens (including phenoxy) is 1. The Kier molecular flexibility index (Phi) is 13.5. The van der Waals surface area contributed by atoms with Gasteiger partial charge in [-0.15, -0.1) is 0 Å². The summed E-state index contributed by atoms with van der Waals surface area (Å²) >= 11 is 0. The maximum atomic E-state index is 12.8. The van der Waals surface area contributed by atoms with Gasteiger partial charge in [0.25, 0.3) is 0 Å². The third kappa shape index (κ3) is 14.0. The molecule has 0 bridgehead atoms. The Hall–Kier alpha value is -1.16. The number of carbonyl (C=O) groups is 3. The first kappa shape index (κ1) is 29.9.